The molecule has 6 nitrogen and oxygen atoms in total. The van der Waals surface area contributed by atoms with Crippen molar-refractivity contribution in [1.82, 2.24) is 14.5 Å². The normalized spacial score (nSPS) is 11.2. The first-order valence-corrected chi connectivity index (χ1v) is 9.98. The van der Waals surface area contributed by atoms with Crippen molar-refractivity contribution in [2.24, 2.45) is 5.92 Å². The van der Waals surface area contributed by atoms with Crippen LogP contribution in [0, 0.1) is 5.92 Å². The van der Waals surface area contributed by atoms with Gasteiger partial charge in [-0.15, -0.1) is 0 Å². The van der Waals surface area contributed by atoms with Gasteiger partial charge in [0, 0.05) is 18.1 Å². The van der Waals surface area contributed by atoms with E-state index in [0.29, 0.717) is 34.8 Å². The van der Waals surface area contributed by atoms with Crippen molar-refractivity contribution in [3.63, 3.8) is 0 Å². The van der Waals surface area contributed by atoms with E-state index in [1.807, 2.05) is 32.0 Å². The van der Waals surface area contributed by atoms with Gasteiger partial charge in [0.25, 0.3) is 5.56 Å². The van der Waals surface area contributed by atoms with E-state index in [9.17, 15) is 14.4 Å². The summed E-state index contributed by atoms with van der Waals surface area (Å²) in [5.41, 5.74) is 0.457. The molecule has 0 fully saturated rings. The number of carbonyl (C=O) groups excluding carboxylic acids is 1. The first-order chi connectivity index (χ1) is 13.9. The van der Waals surface area contributed by atoms with E-state index in [0.717, 1.165) is 5.56 Å². The van der Waals surface area contributed by atoms with Crippen LogP contribution in [-0.4, -0.2) is 15.0 Å². The predicted octanol–water partition coefficient (Wildman–Crippen LogP) is 3.18. The van der Waals surface area contributed by atoms with E-state index in [1.165, 1.54) is 9.13 Å². The summed E-state index contributed by atoms with van der Waals surface area (Å²) in [6.45, 7) is 4.48. The van der Waals surface area contributed by atoms with Crippen LogP contribution in [0.15, 0.2) is 58.1 Å². The Morgan fingerprint density at radius 2 is 1.72 bits per heavy atom. The van der Waals surface area contributed by atoms with Crippen LogP contribution in [0.5, 0.6) is 0 Å². The zero-order valence-electron chi connectivity index (χ0n) is 16.5. The lowest BCUT2D eigenvalue weighted by Gasteiger charge is -2.15. The van der Waals surface area contributed by atoms with E-state index < -0.39 is 5.69 Å². The second kappa shape index (κ2) is 9.09. The van der Waals surface area contributed by atoms with Crippen molar-refractivity contribution < 1.29 is 4.79 Å². The summed E-state index contributed by atoms with van der Waals surface area (Å²) >= 11 is 6.13. The molecule has 0 saturated carbocycles. The lowest BCUT2D eigenvalue weighted by molar-refractivity contribution is -0.121. The van der Waals surface area contributed by atoms with E-state index in [2.05, 4.69) is 5.32 Å². The molecule has 0 aliphatic heterocycles. The zero-order valence-corrected chi connectivity index (χ0v) is 17.3. The van der Waals surface area contributed by atoms with Gasteiger partial charge in [0.1, 0.15) is 6.54 Å². The summed E-state index contributed by atoms with van der Waals surface area (Å²) in [4.78, 5) is 38.3. The number of benzene rings is 2. The van der Waals surface area contributed by atoms with Gasteiger partial charge in [0.2, 0.25) is 5.91 Å². The Balaban J connectivity index is 1.91. The number of nitrogens with zero attached hydrogens (tertiary/aromatic N) is 2. The molecule has 0 saturated heterocycles. The fourth-order valence-electron chi connectivity index (χ4n) is 3.14. The highest BCUT2D eigenvalue weighted by Crippen LogP contribution is 2.14. The monoisotopic (exact) mass is 413 g/mol. The molecule has 0 bridgehead atoms. The molecule has 1 heterocycles. The maximum absolute atomic E-state index is 13.0. The molecule has 0 spiro atoms. The highest BCUT2D eigenvalue weighted by atomic mass is 35.5. The molecule has 3 aromatic rings. The van der Waals surface area contributed by atoms with Gasteiger partial charge in [0.15, 0.2) is 0 Å². The molecule has 1 amide bonds. The van der Waals surface area contributed by atoms with E-state index in [1.54, 1.807) is 30.3 Å². The first kappa shape index (κ1) is 20.9. The molecule has 3 rings (SSSR count). The number of hydrogen-bond donors (Lipinski definition) is 1. The number of carbonyl (C=O) groups is 1. The van der Waals surface area contributed by atoms with Crippen LogP contribution in [0.25, 0.3) is 10.9 Å². The summed E-state index contributed by atoms with van der Waals surface area (Å²) in [5.74, 6) is 0.0198. The first-order valence-electron chi connectivity index (χ1n) is 9.61. The fraction of sp³-hybridized carbons (Fsp3) is 0.318. The van der Waals surface area contributed by atoms with E-state index in [4.69, 9.17) is 11.6 Å². The number of nitrogens with one attached hydrogen (secondary N) is 1. The number of halogens is 1. The summed E-state index contributed by atoms with van der Waals surface area (Å²) < 4.78 is 2.59. The molecular weight excluding hydrogens is 390 g/mol. The second-order valence-corrected chi connectivity index (χ2v) is 7.80. The molecule has 1 aromatic heterocycles. The summed E-state index contributed by atoms with van der Waals surface area (Å²) in [6, 6.07) is 14.1. The largest absolute Gasteiger partial charge is 0.350 e. The van der Waals surface area contributed by atoms with Gasteiger partial charge in [-0.1, -0.05) is 55.8 Å². The van der Waals surface area contributed by atoms with Gasteiger partial charge in [-0.2, -0.15) is 0 Å². The van der Waals surface area contributed by atoms with Crippen LogP contribution in [0.3, 0.4) is 0 Å². The molecule has 2 aromatic carbocycles. The highest BCUT2D eigenvalue weighted by molar-refractivity contribution is 6.31. The molecule has 7 heteroatoms. The Bertz CT molecular complexity index is 1150. The lowest BCUT2D eigenvalue weighted by atomic mass is 10.1. The van der Waals surface area contributed by atoms with Crippen LogP contribution < -0.4 is 16.6 Å². The molecule has 1 N–H and O–H groups in total. The minimum Gasteiger partial charge on any atom is -0.350 e. The Labute approximate surface area is 173 Å². The van der Waals surface area contributed by atoms with Crippen LogP contribution in [-0.2, 0) is 24.4 Å². The molecule has 0 unspecified atom stereocenters. The fourth-order valence-corrected chi connectivity index (χ4v) is 3.35. The van der Waals surface area contributed by atoms with Crippen LogP contribution >= 0.6 is 11.6 Å². The van der Waals surface area contributed by atoms with Crippen LogP contribution in [0.1, 0.15) is 25.8 Å². The quantitative estimate of drug-likeness (QED) is 0.646. The SMILES string of the molecule is CC(C)CCn1c(=O)c2ccccc2n(CC(=O)NCc2ccccc2Cl)c1=O. The lowest BCUT2D eigenvalue weighted by Crippen LogP contribution is -2.42. The maximum Gasteiger partial charge on any atom is 0.331 e. The molecule has 0 aliphatic carbocycles. The van der Waals surface area contributed by atoms with Crippen molar-refractivity contribution in [3.8, 4) is 0 Å². The number of rotatable bonds is 7. The molecule has 29 heavy (non-hydrogen) atoms. The number of aromatic nitrogens is 2. The second-order valence-electron chi connectivity index (χ2n) is 7.39. The van der Waals surface area contributed by atoms with E-state index in [-0.39, 0.29) is 24.6 Å². The zero-order chi connectivity index (χ0) is 21.0. The molecule has 0 aliphatic rings. The van der Waals surface area contributed by atoms with Crippen molar-refractivity contribution in [1.29, 1.82) is 0 Å². The third-order valence-electron chi connectivity index (χ3n) is 4.80. The van der Waals surface area contributed by atoms with Crippen molar-refractivity contribution in [2.75, 3.05) is 0 Å². The third kappa shape index (κ3) is 4.77. The highest BCUT2D eigenvalue weighted by Gasteiger charge is 2.15. The minimum absolute atomic E-state index is 0.175. The van der Waals surface area contributed by atoms with Crippen molar-refractivity contribution >= 4 is 28.4 Å². The van der Waals surface area contributed by atoms with Gasteiger partial charge in [-0.25, -0.2) is 4.79 Å². The van der Waals surface area contributed by atoms with Crippen molar-refractivity contribution in [2.45, 2.75) is 39.9 Å². The molecule has 0 atom stereocenters. The van der Waals surface area contributed by atoms with Gasteiger partial charge < -0.3 is 5.32 Å². The van der Waals surface area contributed by atoms with Crippen LogP contribution in [0.2, 0.25) is 5.02 Å². The number of hydrogen-bond acceptors (Lipinski definition) is 3. The molecule has 152 valence electrons. The standard InChI is InChI=1S/C22H24ClN3O3/c1-15(2)11-12-25-21(28)17-8-4-6-10-19(17)26(22(25)29)14-20(27)24-13-16-7-3-5-9-18(16)23/h3-10,15H,11-14H2,1-2H3,(H,24,27). The van der Waals surface area contributed by atoms with Gasteiger partial charge in [-0.05, 0) is 36.1 Å². The average Bonchev–Trinajstić information content (AvgIpc) is 2.70. The number of fused-ring (bicyclic) bond motifs is 1. The Hall–Kier alpha value is -2.86. The van der Waals surface area contributed by atoms with Gasteiger partial charge in [-0.3, -0.25) is 18.7 Å². The summed E-state index contributed by atoms with van der Waals surface area (Å²) in [6.07, 6.45) is 0.701. The number of para-hydroxylation sites is 1. The smallest absolute Gasteiger partial charge is 0.331 e. The van der Waals surface area contributed by atoms with Gasteiger partial charge in [0.05, 0.1) is 10.9 Å². The minimum atomic E-state index is -0.470. The number of amides is 1. The van der Waals surface area contributed by atoms with Crippen molar-refractivity contribution in [3.05, 3.63) is 80.0 Å². The summed E-state index contributed by atoms with van der Waals surface area (Å²) in [5, 5.41) is 3.79. The summed E-state index contributed by atoms with van der Waals surface area (Å²) in [7, 11) is 0. The predicted molar refractivity (Wildman–Crippen MR) is 115 cm³/mol. The molecule has 0 radical (unpaired) electrons. The van der Waals surface area contributed by atoms with Gasteiger partial charge >= 0.3 is 5.69 Å². The topological polar surface area (TPSA) is 73.1 Å². The Morgan fingerprint density at radius 3 is 2.45 bits per heavy atom. The van der Waals surface area contributed by atoms with E-state index >= 15 is 0 Å². The Morgan fingerprint density at radius 1 is 1.03 bits per heavy atom. The average molecular weight is 414 g/mol. The van der Waals surface area contributed by atoms with Crippen LogP contribution in [0.4, 0.5) is 0 Å². The molecular formula is C22H24ClN3O3. The maximum atomic E-state index is 13.0. The Kier molecular flexibility index (Phi) is 6.54. The third-order valence-corrected chi connectivity index (χ3v) is 5.17.